The summed E-state index contributed by atoms with van der Waals surface area (Å²) in [6, 6.07) is 15.7. The van der Waals surface area contributed by atoms with Crippen LogP contribution >= 0.6 is 0 Å². The number of alkyl carbamates (subject to hydrolysis) is 1. The first-order chi connectivity index (χ1) is 25.6. The Bertz CT molecular complexity index is 2040. The van der Waals surface area contributed by atoms with E-state index in [-0.39, 0.29) is 37.0 Å². The van der Waals surface area contributed by atoms with E-state index in [1.807, 2.05) is 65.4 Å². The number of rotatable bonds is 7. The minimum atomic E-state index is -2.74. The molecule has 5 heterocycles. The van der Waals surface area contributed by atoms with Gasteiger partial charge in [0.1, 0.15) is 17.6 Å². The van der Waals surface area contributed by atoms with E-state index in [1.165, 1.54) is 7.11 Å². The van der Waals surface area contributed by atoms with Gasteiger partial charge in [0.25, 0.3) is 5.92 Å². The van der Waals surface area contributed by atoms with Crippen molar-refractivity contribution in [3.05, 3.63) is 84.1 Å². The second-order valence-electron chi connectivity index (χ2n) is 14.5. The summed E-state index contributed by atoms with van der Waals surface area (Å²) in [7, 11) is 1.29. The van der Waals surface area contributed by atoms with Crippen molar-refractivity contribution in [1.29, 1.82) is 0 Å². The van der Waals surface area contributed by atoms with E-state index in [2.05, 4.69) is 25.9 Å². The molecule has 2 saturated heterocycles. The second kappa shape index (κ2) is 13.9. The summed E-state index contributed by atoms with van der Waals surface area (Å²) in [5, 5.41) is 8.63. The Morgan fingerprint density at radius 3 is 2.45 bits per heavy atom. The highest BCUT2D eigenvalue weighted by Crippen LogP contribution is 2.39. The number of aryl methyl sites for hydroxylation is 1. The van der Waals surface area contributed by atoms with Crippen molar-refractivity contribution in [3.63, 3.8) is 0 Å². The van der Waals surface area contributed by atoms with Gasteiger partial charge in [-0.3, -0.25) is 14.4 Å². The zero-order valence-electron chi connectivity index (χ0n) is 29.2. The summed E-state index contributed by atoms with van der Waals surface area (Å²) in [5.41, 5.74) is 6.02. The average molecular weight is 726 g/mol. The van der Waals surface area contributed by atoms with Gasteiger partial charge in [-0.2, -0.15) is 0 Å². The number of ketones is 1. The van der Waals surface area contributed by atoms with E-state index in [9.17, 15) is 28.0 Å². The molecule has 0 radical (unpaired) electrons. The van der Waals surface area contributed by atoms with Gasteiger partial charge in [0, 0.05) is 49.6 Å². The molecule has 2 aromatic carbocycles. The van der Waals surface area contributed by atoms with Crippen LogP contribution in [0.1, 0.15) is 61.1 Å². The lowest BCUT2D eigenvalue weighted by Gasteiger charge is -2.31. The van der Waals surface area contributed by atoms with Gasteiger partial charge < -0.3 is 35.1 Å². The first kappa shape index (κ1) is 34.7. The maximum atomic E-state index is 14.1. The summed E-state index contributed by atoms with van der Waals surface area (Å²) in [6.45, 7) is 0.409. The van der Waals surface area contributed by atoms with Crippen LogP contribution in [0.3, 0.4) is 0 Å². The molecule has 2 fully saturated rings. The zero-order valence-corrected chi connectivity index (χ0v) is 29.2. The van der Waals surface area contributed by atoms with Crippen molar-refractivity contribution >= 4 is 29.4 Å². The van der Waals surface area contributed by atoms with Crippen LogP contribution in [-0.2, 0) is 32.1 Å². The van der Waals surface area contributed by atoms with Crippen LogP contribution < -0.4 is 16.0 Å². The summed E-state index contributed by atoms with van der Waals surface area (Å²) in [6.07, 6.45) is 5.24. The number of aromatic nitrogens is 3. The molecule has 2 aromatic heterocycles. The number of Topliss-reactive ketones (excluding diaryl/α,β-unsaturated/α-hetero) is 1. The molecule has 0 bridgehead atoms. The third-order valence-electron chi connectivity index (χ3n) is 11.1. The van der Waals surface area contributed by atoms with Gasteiger partial charge in [-0.25, -0.2) is 18.6 Å². The summed E-state index contributed by atoms with van der Waals surface area (Å²) >= 11 is 0. The fraction of sp³-hybridized carbons (Fsp3) is 0.410. The zero-order chi connectivity index (χ0) is 36.9. The molecule has 3 aliphatic heterocycles. The molecule has 4 N–H and O–H groups in total. The maximum Gasteiger partial charge on any atom is 0.407 e. The Kier molecular flexibility index (Phi) is 9.09. The van der Waals surface area contributed by atoms with Crippen LogP contribution in [0, 0.1) is 5.92 Å². The molecule has 4 aliphatic rings. The highest BCUT2D eigenvalue weighted by molar-refractivity contribution is 5.99. The number of aromatic amines is 1. The second-order valence-corrected chi connectivity index (χ2v) is 14.5. The van der Waals surface area contributed by atoms with Gasteiger partial charge in [0.15, 0.2) is 0 Å². The van der Waals surface area contributed by atoms with E-state index in [1.54, 1.807) is 11.1 Å². The Hall–Kier alpha value is -5.37. The van der Waals surface area contributed by atoms with E-state index in [0.29, 0.717) is 50.3 Å². The molecule has 53 heavy (non-hydrogen) atoms. The summed E-state index contributed by atoms with van der Waals surface area (Å²) in [4.78, 5) is 62.6. The number of methoxy groups -OCH3 is 1. The number of carbonyl (C=O) groups is 4. The number of likely N-dealkylation sites (tertiary alicyclic amines) is 1. The number of halogens is 2. The third-order valence-corrected chi connectivity index (χ3v) is 11.1. The Labute approximate surface area is 304 Å². The smallest absolute Gasteiger partial charge is 0.407 e. The number of anilines is 1. The third kappa shape index (κ3) is 6.83. The number of nitrogens with zero attached hydrogens (tertiary/aromatic N) is 3. The molecule has 276 valence electrons. The van der Waals surface area contributed by atoms with E-state index >= 15 is 0 Å². The van der Waals surface area contributed by atoms with Crippen LogP contribution in [0.5, 0.6) is 0 Å². The number of H-pyrrole nitrogens is 1. The molecule has 1 unspecified atom stereocenters. The highest BCUT2D eigenvalue weighted by atomic mass is 19.3. The standard InChI is InChI=1S/C39H41F2N7O5/c1-53-38(52)46-28-13-10-25-14-16-47-20-26(17-32(49)33(28)34(25)47)37(51)48-15-2-3-31(48)36(50)44-27-11-8-23(9-12-27)22-4-6-24(7-5-22)30-19-42-35(45-30)29-18-39(40,41)21-43-29/h4-9,11-12,14,16,19,26,28-29,31,33,43H,2-3,10,13,15,17-18,20-21H2,1H3,(H,42,45)(H,44,50)(H,46,52)/t26-,28-,29-,31-,33?/m0/s1. The number of hydrogen-bond donors (Lipinski definition) is 4. The first-order valence-electron chi connectivity index (χ1n) is 18.1. The maximum absolute atomic E-state index is 14.1. The van der Waals surface area contributed by atoms with Gasteiger partial charge in [-0.15, -0.1) is 0 Å². The molecule has 0 spiro atoms. The lowest BCUT2D eigenvalue weighted by Crippen LogP contribution is -2.47. The number of amides is 3. The molecule has 3 amide bonds. The molecule has 8 rings (SSSR count). The van der Waals surface area contributed by atoms with Crippen molar-refractivity contribution < 1.29 is 32.7 Å². The number of ether oxygens (including phenoxy) is 1. The Morgan fingerprint density at radius 1 is 1.00 bits per heavy atom. The lowest BCUT2D eigenvalue weighted by molar-refractivity contribution is -0.142. The Morgan fingerprint density at radius 2 is 1.74 bits per heavy atom. The number of benzene rings is 2. The van der Waals surface area contributed by atoms with Gasteiger partial charge in [0.05, 0.1) is 43.4 Å². The van der Waals surface area contributed by atoms with Crippen LogP contribution in [0.2, 0.25) is 0 Å². The molecule has 12 nitrogen and oxygen atoms in total. The van der Waals surface area contributed by atoms with E-state index in [4.69, 9.17) is 4.74 Å². The van der Waals surface area contributed by atoms with Crippen molar-refractivity contribution in [2.45, 2.75) is 75.0 Å². The Balaban J connectivity index is 0.903. The topological polar surface area (TPSA) is 150 Å². The number of nitrogens with one attached hydrogen (secondary N) is 4. The highest BCUT2D eigenvalue weighted by Gasteiger charge is 2.45. The monoisotopic (exact) mass is 725 g/mol. The van der Waals surface area contributed by atoms with Crippen LogP contribution in [-0.4, -0.2) is 81.3 Å². The predicted octanol–water partition coefficient (Wildman–Crippen LogP) is 5.19. The fourth-order valence-electron chi connectivity index (χ4n) is 8.45. The largest absolute Gasteiger partial charge is 0.453 e. The molecule has 5 atom stereocenters. The van der Waals surface area contributed by atoms with Gasteiger partial charge in [-0.05, 0) is 66.1 Å². The number of alkyl halides is 2. The average Bonchev–Trinajstić information content (AvgIpc) is 3.97. The van der Waals surface area contributed by atoms with E-state index in [0.717, 1.165) is 33.6 Å². The van der Waals surface area contributed by atoms with Crippen LogP contribution in [0.15, 0.2) is 67.0 Å². The SMILES string of the molecule is COC(=O)N[C@H]1CCc2ccn3c2C1C(=O)C[C@H](C(=O)N1CCC[C@H]1C(=O)Nc1ccc(-c2ccc(-c4cnc([C@@H]5CC(F)(F)CN5)[nH]4)cc2)cc1)C3. The molecule has 0 saturated carbocycles. The van der Waals surface area contributed by atoms with Crippen molar-refractivity contribution in [2.75, 3.05) is 25.5 Å². The van der Waals surface area contributed by atoms with Gasteiger partial charge in [-0.1, -0.05) is 36.4 Å². The van der Waals surface area contributed by atoms with Crippen molar-refractivity contribution in [3.8, 4) is 22.4 Å². The van der Waals surface area contributed by atoms with Crippen molar-refractivity contribution in [2.24, 2.45) is 5.92 Å². The summed E-state index contributed by atoms with van der Waals surface area (Å²) in [5.74, 6) is -4.02. The minimum absolute atomic E-state index is 0.0274. The van der Waals surface area contributed by atoms with Crippen molar-refractivity contribution in [1.82, 2.24) is 30.1 Å². The number of hydrogen-bond acceptors (Lipinski definition) is 7. The normalized spacial score (nSPS) is 24.7. The predicted molar refractivity (Wildman–Crippen MR) is 191 cm³/mol. The number of imidazole rings is 1. The molecule has 4 aromatic rings. The minimum Gasteiger partial charge on any atom is -0.453 e. The summed E-state index contributed by atoms with van der Waals surface area (Å²) < 4.78 is 34.1. The quantitative estimate of drug-likeness (QED) is 0.205. The van der Waals surface area contributed by atoms with Gasteiger partial charge >= 0.3 is 6.09 Å². The first-order valence-corrected chi connectivity index (χ1v) is 18.1. The van der Waals surface area contributed by atoms with Crippen LogP contribution in [0.25, 0.3) is 22.4 Å². The molecular weight excluding hydrogens is 684 g/mol. The molecule has 14 heteroatoms. The lowest BCUT2D eigenvalue weighted by atomic mass is 9.79. The fourth-order valence-corrected chi connectivity index (χ4v) is 8.45. The number of carbonyl (C=O) groups excluding carboxylic acids is 4. The molecular formula is C39H41F2N7O5. The van der Waals surface area contributed by atoms with Crippen LogP contribution in [0.4, 0.5) is 19.3 Å². The molecule has 1 aliphatic carbocycles. The van der Waals surface area contributed by atoms with Gasteiger partial charge in [0.2, 0.25) is 11.8 Å². The van der Waals surface area contributed by atoms with E-state index < -0.39 is 42.0 Å².